The molecular weight excluding hydrogens is 248 g/mol. The zero-order valence-corrected chi connectivity index (χ0v) is 8.98. The second-order valence-corrected chi connectivity index (χ2v) is 3.61. The van der Waals surface area contributed by atoms with Crippen LogP contribution in [0.3, 0.4) is 0 Å². The largest absolute Gasteiger partial charge is 0.399 e. The molecule has 0 unspecified atom stereocenters. The fourth-order valence-electron chi connectivity index (χ4n) is 1.43. The predicted octanol–water partition coefficient (Wildman–Crippen LogP) is 3.57. The Morgan fingerprint density at radius 3 is 1.94 bits per heavy atom. The SMILES string of the molecule is Nc1cc(F)c(Nc2ccc(F)c(F)c2)c(F)c1. The van der Waals surface area contributed by atoms with E-state index in [0.29, 0.717) is 0 Å². The summed E-state index contributed by atoms with van der Waals surface area (Å²) in [5.74, 6) is -4.00. The Balaban J connectivity index is 2.37. The Bertz CT molecular complexity index is 576. The lowest BCUT2D eigenvalue weighted by molar-refractivity contribution is 0.509. The van der Waals surface area contributed by atoms with Crippen molar-refractivity contribution in [1.29, 1.82) is 0 Å². The van der Waals surface area contributed by atoms with Gasteiger partial charge < -0.3 is 11.1 Å². The van der Waals surface area contributed by atoms with Crippen molar-refractivity contribution in [2.45, 2.75) is 0 Å². The fourth-order valence-corrected chi connectivity index (χ4v) is 1.43. The molecule has 0 bridgehead atoms. The van der Waals surface area contributed by atoms with Crippen molar-refractivity contribution >= 4 is 17.1 Å². The molecule has 0 saturated carbocycles. The molecule has 2 aromatic rings. The average Bonchev–Trinajstić information content (AvgIpc) is 2.28. The van der Waals surface area contributed by atoms with E-state index in [-0.39, 0.29) is 11.4 Å². The zero-order chi connectivity index (χ0) is 13.3. The van der Waals surface area contributed by atoms with Crippen LogP contribution in [0.1, 0.15) is 0 Å². The fraction of sp³-hybridized carbons (Fsp3) is 0. The van der Waals surface area contributed by atoms with Gasteiger partial charge in [-0.3, -0.25) is 0 Å². The van der Waals surface area contributed by atoms with Gasteiger partial charge in [0, 0.05) is 17.4 Å². The molecule has 0 aromatic heterocycles. The van der Waals surface area contributed by atoms with E-state index in [4.69, 9.17) is 5.73 Å². The second kappa shape index (κ2) is 4.56. The summed E-state index contributed by atoms with van der Waals surface area (Å²) in [6.07, 6.45) is 0. The molecule has 0 atom stereocenters. The Labute approximate surface area is 100 Å². The molecule has 18 heavy (non-hydrogen) atoms. The van der Waals surface area contributed by atoms with Crippen molar-refractivity contribution in [2.24, 2.45) is 0 Å². The number of benzene rings is 2. The highest BCUT2D eigenvalue weighted by atomic mass is 19.2. The van der Waals surface area contributed by atoms with Gasteiger partial charge in [0.25, 0.3) is 0 Å². The minimum Gasteiger partial charge on any atom is -0.399 e. The van der Waals surface area contributed by atoms with Crippen LogP contribution in [0.2, 0.25) is 0 Å². The van der Waals surface area contributed by atoms with Crippen LogP contribution in [0, 0.1) is 23.3 Å². The average molecular weight is 256 g/mol. The van der Waals surface area contributed by atoms with Gasteiger partial charge in [-0.2, -0.15) is 0 Å². The van der Waals surface area contributed by atoms with Crippen LogP contribution in [0.5, 0.6) is 0 Å². The Morgan fingerprint density at radius 2 is 1.39 bits per heavy atom. The number of halogens is 4. The molecule has 0 spiro atoms. The third-order valence-corrected chi connectivity index (χ3v) is 2.25. The maximum absolute atomic E-state index is 13.4. The number of nitrogen functional groups attached to an aromatic ring is 1. The number of anilines is 3. The van der Waals surface area contributed by atoms with E-state index in [0.717, 1.165) is 30.3 Å². The van der Waals surface area contributed by atoms with E-state index in [9.17, 15) is 17.6 Å². The Kier molecular flexibility index (Phi) is 3.10. The summed E-state index contributed by atoms with van der Waals surface area (Å²) in [6, 6.07) is 4.65. The van der Waals surface area contributed by atoms with Crippen LogP contribution in [0.25, 0.3) is 0 Å². The summed E-state index contributed by atoms with van der Waals surface area (Å²) in [7, 11) is 0. The van der Waals surface area contributed by atoms with Gasteiger partial charge in [-0.1, -0.05) is 0 Å². The van der Waals surface area contributed by atoms with Gasteiger partial charge in [0.2, 0.25) is 0 Å². The van der Waals surface area contributed by atoms with Gasteiger partial charge in [0.15, 0.2) is 23.3 Å². The van der Waals surface area contributed by atoms with Gasteiger partial charge in [-0.25, -0.2) is 17.6 Å². The summed E-state index contributed by atoms with van der Waals surface area (Å²) >= 11 is 0. The molecule has 0 saturated heterocycles. The van der Waals surface area contributed by atoms with Crippen LogP contribution in [-0.2, 0) is 0 Å². The van der Waals surface area contributed by atoms with Crippen molar-refractivity contribution < 1.29 is 17.6 Å². The van der Waals surface area contributed by atoms with Gasteiger partial charge >= 0.3 is 0 Å². The summed E-state index contributed by atoms with van der Waals surface area (Å²) in [5.41, 5.74) is 4.73. The topological polar surface area (TPSA) is 38.0 Å². The minimum absolute atomic E-state index is 0.0245. The molecule has 0 aliphatic rings. The number of rotatable bonds is 2. The third-order valence-electron chi connectivity index (χ3n) is 2.25. The lowest BCUT2D eigenvalue weighted by atomic mass is 10.2. The van der Waals surface area contributed by atoms with Crippen LogP contribution in [-0.4, -0.2) is 0 Å². The first-order valence-corrected chi connectivity index (χ1v) is 4.94. The third kappa shape index (κ3) is 2.37. The van der Waals surface area contributed by atoms with E-state index in [1.165, 1.54) is 0 Å². The molecule has 0 amide bonds. The Morgan fingerprint density at radius 1 is 0.778 bits per heavy atom. The molecule has 0 aliphatic heterocycles. The lowest BCUT2D eigenvalue weighted by Gasteiger charge is -2.09. The summed E-state index contributed by atoms with van der Waals surface area (Å²) in [6.45, 7) is 0. The first-order chi connectivity index (χ1) is 8.47. The van der Waals surface area contributed by atoms with Gasteiger partial charge in [-0.15, -0.1) is 0 Å². The van der Waals surface area contributed by atoms with E-state index in [1.807, 2.05) is 0 Å². The molecule has 94 valence electrons. The first kappa shape index (κ1) is 12.2. The van der Waals surface area contributed by atoms with Crippen molar-refractivity contribution in [2.75, 3.05) is 11.1 Å². The minimum atomic E-state index is -1.11. The van der Waals surface area contributed by atoms with E-state index >= 15 is 0 Å². The quantitative estimate of drug-likeness (QED) is 0.636. The lowest BCUT2D eigenvalue weighted by Crippen LogP contribution is -2.00. The van der Waals surface area contributed by atoms with E-state index in [2.05, 4.69) is 5.32 Å². The van der Waals surface area contributed by atoms with Gasteiger partial charge in [-0.05, 0) is 24.3 Å². The highest BCUT2D eigenvalue weighted by Gasteiger charge is 2.11. The standard InChI is InChI=1S/C12H8F4N2/c13-8-2-1-7(5-9(8)14)18-12-10(15)3-6(17)4-11(12)16/h1-5,18H,17H2. The van der Waals surface area contributed by atoms with Gasteiger partial charge in [0.05, 0.1) is 0 Å². The van der Waals surface area contributed by atoms with Crippen LogP contribution < -0.4 is 11.1 Å². The smallest absolute Gasteiger partial charge is 0.160 e. The normalized spacial score (nSPS) is 10.4. The Hall–Kier alpha value is -2.24. The summed E-state index contributed by atoms with van der Waals surface area (Å²) < 4.78 is 52.5. The molecule has 2 nitrogen and oxygen atoms in total. The molecule has 6 heteroatoms. The highest BCUT2D eigenvalue weighted by Crippen LogP contribution is 2.26. The number of hydrogen-bond acceptors (Lipinski definition) is 2. The molecule has 2 rings (SSSR count). The maximum Gasteiger partial charge on any atom is 0.160 e. The zero-order valence-electron chi connectivity index (χ0n) is 8.98. The molecular formula is C12H8F4N2. The summed E-state index contributed by atoms with van der Waals surface area (Å²) in [4.78, 5) is 0. The van der Waals surface area contributed by atoms with Crippen molar-refractivity contribution in [3.63, 3.8) is 0 Å². The number of hydrogen-bond donors (Lipinski definition) is 2. The highest BCUT2D eigenvalue weighted by molar-refractivity contribution is 5.63. The van der Waals surface area contributed by atoms with Crippen LogP contribution >= 0.6 is 0 Å². The van der Waals surface area contributed by atoms with Crippen molar-refractivity contribution in [1.82, 2.24) is 0 Å². The van der Waals surface area contributed by atoms with E-state index < -0.39 is 29.0 Å². The number of nitrogens with two attached hydrogens (primary N) is 1. The predicted molar refractivity (Wildman–Crippen MR) is 60.4 cm³/mol. The molecule has 0 fully saturated rings. The maximum atomic E-state index is 13.4. The number of nitrogens with one attached hydrogen (secondary N) is 1. The van der Waals surface area contributed by atoms with Crippen LogP contribution in [0.15, 0.2) is 30.3 Å². The molecule has 2 aromatic carbocycles. The van der Waals surface area contributed by atoms with Gasteiger partial charge in [0.1, 0.15) is 5.69 Å². The second-order valence-electron chi connectivity index (χ2n) is 3.61. The monoisotopic (exact) mass is 256 g/mol. The van der Waals surface area contributed by atoms with E-state index in [1.54, 1.807) is 0 Å². The van der Waals surface area contributed by atoms with Crippen LogP contribution in [0.4, 0.5) is 34.6 Å². The molecule has 0 radical (unpaired) electrons. The molecule has 0 aliphatic carbocycles. The van der Waals surface area contributed by atoms with Crippen molar-refractivity contribution in [3.8, 4) is 0 Å². The summed E-state index contributed by atoms with van der Waals surface area (Å²) in [5, 5.41) is 2.32. The molecule has 3 N–H and O–H groups in total. The molecule has 0 heterocycles. The first-order valence-electron chi connectivity index (χ1n) is 4.94. The van der Waals surface area contributed by atoms with Crippen molar-refractivity contribution in [3.05, 3.63) is 53.6 Å².